The Morgan fingerprint density at radius 1 is 1.13 bits per heavy atom. The van der Waals surface area contributed by atoms with E-state index in [-0.39, 0.29) is 12.0 Å². The Hall–Kier alpha value is -2.57. The monoisotopic (exact) mass is 426 g/mol. The molecule has 0 saturated carbocycles. The largest absolute Gasteiger partial charge is 0.444 e. The van der Waals surface area contributed by atoms with E-state index in [4.69, 9.17) is 4.74 Å². The van der Waals surface area contributed by atoms with Gasteiger partial charge in [0.05, 0.1) is 6.42 Å². The van der Waals surface area contributed by atoms with Crippen molar-refractivity contribution < 1.29 is 14.3 Å². The number of hydrogen-bond donors (Lipinski definition) is 1. The summed E-state index contributed by atoms with van der Waals surface area (Å²) in [6.45, 7) is 8.88. The normalized spacial score (nSPS) is 20.8. The lowest BCUT2D eigenvalue weighted by Crippen LogP contribution is -2.47. The summed E-state index contributed by atoms with van der Waals surface area (Å²) in [5, 5.41) is 1.02. The molecule has 2 saturated heterocycles. The molecule has 2 aliphatic rings. The number of nitrogens with one attached hydrogen (secondary N) is 1. The van der Waals surface area contributed by atoms with Crippen LogP contribution in [0.2, 0.25) is 0 Å². The fraction of sp³-hybridized carbons (Fsp3) is 0.625. The summed E-state index contributed by atoms with van der Waals surface area (Å²) in [7, 11) is 0. The first-order valence-electron chi connectivity index (χ1n) is 11.5. The average molecular weight is 427 g/mol. The van der Waals surface area contributed by atoms with Gasteiger partial charge >= 0.3 is 6.09 Å². The zero-order valence-electron chi connectivity index (χ0n) is 18.9. The molecule has 1 atom stereocenters. The van der Waals surface area contributed by atoms with Crippen molar-refractivity contribution in [3.63, 3.8) is 0 Å². The van der Waals surface area contributed by atoms with Crippen LogP contribution in [-0.2, 0) is 16.0 Å². The molecule has 2 aromatic rings. The summed E-state index contributed by atoms with van der Waals surface area (Å²) in [6, 6.07) is 3.91. The number of H-pyrrole nitrogens is 1. The quantitative estimate of drug-likeness (QED) is 0.805. The number of pyridine rings is 1. The third kappa shape index (κ3) is 5.20. The standard InChI is InChI=1S/C24H34N4O3/c1-24(2,3)31-23(30)28-11-5-6-18(16-28)17-8-12-27(13-9-17)21(29)14-19-15-26-22-20(19)7-4-10-25-22/h4,7,10,15,17-18H,5-6,8-9,11-14,16H2,1-3H3,(H,25,26). The van der Waals surface area contributed by atoms with E-state index < -0.39 is 5.60 Å². The average Bonchev–Trinajstić information content (AvgIpc) is 3.16. The highest BCUT2D eigenvalue weighted by atomic mass is 16.6. The molecular formula is C24H34N4O3. The molecule has 2 amide bonds. The molecule has 4 rings (SSSR count). The lowest BCUT2D eigenvalue weighted by Gasteiger charge is -2.41. The summed E-state index contributed by atoms with van der Waals surface area (Å²) in [5.41, 5.74) is 1.38. The molecule has 2 aliphatic heterocycles. The molecule has 7 nitrogen and oxygen atoms in total. The number of fused-ring (bicyclic) bond motifs is 1. The van der Waals surface area contributed by atoms with E-state index in [0.29, 0.717) is 18.3 Å². The molecular weight excluding hydrogens is 392 g/mol. The van der Waals surface area contributed by atoms with Gasteiger partial charge < -0.3 is 19.5 Å². The van der Waals surface area contributed by atoms with E-state index >= 15 is 0 Å². The number of nitrogens with zero attached hydrogens (tertiary/aromatic N) is 3. The van der Waals surface area contributed by atoms with Gasteiger partial charge in [0.1, 0.15) is 11.2 Å². The van der Waals surface area contributed by atoms with Crippen LogP contribution in [0.4, 0.5) is 4.79 Å². The Bertz CT molecular complexity index is 924. The highest BCUT2D eigenvalue weighted by molar-refractivity contribution is 5.87. The Balaban J connectivity index is 1.29. The molecule has 1 N–H and O–H groups in total. The molecule has 0 spiro atoms. The van der Waals surface area contributed by atoms with E-state index in [2.05, 4.69) is 9.97 Å². The maximum atomic E-state index is 12.9. The van der Waals surface area contributed by atoms with Crippen molar-refractivity contribution in [3.8, 4) is 0 Å². The second kappa shape index (κ2) is 8.89. The zero-order chi connectivity index (χ0) is 22.0. The Kier molecular flexibility index (Phi) is 6.21. The molecule has 7 heteroatoms. The van der Waals surface area contributed by atoms with Crippen molar-refractivity contribution in [1.82, 2.24) is 19.8 Å². The van der Waals surface area contributed by atoms with Gasteiger partial charge in [-0.1, -0.05) is 0 Å². The maximum Gasteiger partial charge on any atom is 0.410 e. The molecule has 2 fully saturated rings. The third-order valence-electron chi connectivity index (χ3n) is 6.55. The number of aromatic nitrogens is 2. The van der Waals surface area contributed by atoms with Crippen LogP contribution in [0, 0.1) is 11.8 Å². The number of carbonyl (C=O) groups excluding carboxylic acids is 2. The number of piperidine rings is 2. The molecule has 31 heavy (non-hydrogen) atoms. The van der Waals surface area contributed by atoms with Crippen LogP contribution in [-0.4, -0.2) is 63.5 Å². The summed E-state index contributed by atoms with van der Waals surface area (Å²) < 4.78 is 5.57. The van der Waals surface area contributed by atoms with Gasteiger partial charge in [0, 0.05) is 44.0 Å². The van der Waals surface area contributed by atoms with Crippen LogP contribution in [0.15, 0.2) is 24.5 Å². The summed E-state index contributed by atoms with van der Waals surface area (Å²) in [6.07, 6.45) is 8.06. The second-order valence-corrected chi connectivity index (χ2v) is 9.94. The van der Waals surface area contributed by atoms with Crippen molar-refractivity contribution in [3.05, 3.63) is 30.1 Å². The number of ether oxygens (including phenoxy) is 1. The molecule has 168 valence electrons. The van der Waals surface area contributed by atoms with Gasteiger partial charge in [-0.3, -0.25) is 4.79 Å². The van der Waals surface area contributed by atoms with E-state index in [0.717, 1.165) is 68.5 Å². The SMILES string of the molecule is CC(C)(C)OC(=O)N1CCCC(C2CCN(C(=O)Cc3c[nH]c4ncccc34)CC2)C1. The van der Waals surface area contributed by atoms with Gasteiger partial charge in [0.15, 0.2) is 0 Å². The number of aromatic amines is 1. The van der Waals surface area contributed by atoms with Gasteiger partial charge in [0.25, 0.3) is 0 Å². The molecule has 4 heterocycles. The minimum Gasteiger partial charge on any atom is -0.444 e. The molecule has 0 aromatic carbocycles. The van der Waals surface area contributed by atoms with Crippen molar-refractivity contribution in [1.29, 1.82) is 0 Å². The Morgan fingerprint density at radius 3 is 2.65 bits per heavy atom. The Morgan fingerprint density at radius 2 is 1.90 bits per heavy atom. The fourth-order valence-electron chi connectivity index (χ4n) is 4.94. The zero-order valence-corrected chi connectivity index (χ0v) is 18.9. The van der Waals surface area contributed by atoms with Crippen molar-refractivity contribution >= 4 is 23.0 Å². The summed E-state index contributed by atoms with van der Waals surface area (Å²) in [5.74, 6) is 1.24. The van der Waals surface area contributed by atoms with Gasteiger partial charge in [-0.25, -0.2) is 9.78 Å². The number of amides is 2. The van der Waals surface area contributed by atoms with E-state index in [1.807, 2.05) is 48.9 Å². The second-order valence-electron chi connectivity index (χ2n) is 9.94. The van der Waals surface area contributed by atoms with E-state index in [9.17, 15) is 9.59 Å². The highest BCUT2D eigenvalue weighted by Gasteiger charge is 2.34. The fourth-order valence-corrected chi connectivity index (χ4v) is 4.94. The van der Waals surface area contributed by atoms with E-state index in [1.165, 1.54) is 0 Å². The van der Waals surface area contributed by atoms with E-state index in [1.54, 1.807) is 6.20 Å². The maximum absolute atomic E-state index is 12.9. The predicted molar refractivity (Wildman–Crippen MR) is 120 cm³/mol. The highest BCUT2D eigenvalue weighted by Crippen LogP contribution is 2.32. The third-order valence-corrected chi connectivity index (χ3v) is 6.55. The van der Waals surface area contributed by atoms with Gasteiger partial charge in [-0.05, 0) is 76.0 Å². The molecule has 2 aromatic heterocycles. The summed E-state index contributed by atoms with van der Waals surface area (Å²) in [4.78, 5) is 36.7. The number of carbonyl (C=O) groups is 2. The first kappa shape index (κ1) is 21.7. The minimum atomic E-state index is -0.462. The van der Waals surface area contributed by atoms with Crippen LogP contribution >= 0.6 is 0 Å². The van der Waals surface area contributed by atoms with Crippen LogP contribution < -0.4 is 0 Å². The lowest BCUT2D eigenvalue weighted by molar-refractivity contribution is -0.132. The van der Waals surface area contributed by atoms with Gasteiger partial charge in [-0.2, -0.15) is 0 Å². The number of likely N-dealkylation sites (tertiary alicyclic amines) is 2. The van der Waals surface area contributed by atoms with Crippen molar-refractivity contribution in [2.45, 2.75) is 58.5 Å². The molecule has 0 bridgehead atoms. The first-order chi connectivity index (χ1) is 14.8. The topological polar surface area (TPSA) is 78.5 Å². The Labute approximate surface area is 184 Å². The van der Waals surface area contributed by atoms with Crippen LogP contribution in [0.25, 0.3) is 11.0 Å². The van der Waals surface area contributed by atoms with Gasteiger partial charge in [-0.15, -0.1) is 0 Å². The van der Waals surface area contributed by atoms with Crippen LogP contribution in [0.1, 0.15) is 52.0 Å². The molecule has 0 aliphatic carbocycles. The molecule has 1 unspecified atom stereocenters. The minimum absolute atomic E-state index is 0.183. The number of rotatable bonds is 3. The summed E-state index contributed by atoms with van der Waals surface area (Å²) >= 11 is 0. The van der Waals surface area contributed by atoms with Crippen LogP contribution in [0.3, 0.4) is 0 Å². The van der Waals surface area contributed by atoms with Crippen molar-refractivity contribution in [2.75, 3.05) is 26.2 Å². The van der Waals surface area contributed by atoms with Crippen LogP contribution in [0.5, 0.6) is 0 Å². The predicted octanol–water partition coefficient (Wildman–Crippen LogP) is 3.99. The lowest BCUT2D eigenvalue weighted by atomic mass is 9.79. The molecule has 0 radical (unpaired) electrons. The van der Waals surface area contributed by atoms with Crippen molar-refractivity contribution in [2.24, 2.45) is 11.8 Å². The number of hydrogen-bond acceptors (Lipinski definition) is 4. The van der Waals surface area contributed by atoms with Gasteiger partial charge in [0.2, 0.25) is 5.91 Å². The first-order valence-corrected chi connectivity index (χ1v) is 11.5. The smallest absolute Gasteiger partial charge is 0.410 e.